The summed E-state index contributed by atoms with van der Waals surface area (Å²) in [5.41, 5.74) is 1.80. The van der Waals surface area contributed by atoms with Crippen LogP contribution in [0, 0.1) is 11.3 Å². The second-order valence-electron chi connectivity index (χ2n) is 8.71. The third-order valence-electron chi connectivity index (χ3n) is 7.03. The van der Waals surface area contributed by atoms with Crippen LogP contribution in [0.5, 0.6) is 0 Å². The predicted molar refractivity (Wildman–Crippen MR) is 100 cm³/mol. The molecule has 25 heavy (non-hydrogen) atoms. The number of rotatable bonds is 5. The summed E-state index contributed by atoms with van der Waals surface area (Å²) < 4.78 is 0. The average Bonchev–Trinajstić information content (AvgIpc) is 2.62. The Labute approximate surface area is 151 Å². The summed E-state index contributed by atoms with van der Waals surface area (Å²) in [5.74, 6) is 0.603. The van der Waals surface area contributed by atoms with Crippen LogP contribution in [-0.2, 0) is 6.42 Å². The molecule has 0 aromatic carbocycles. The molecule has 1 atom stereocenters. The van der Waals surface area contributed by atoms with Gasteiger partial charge in [0.2, 0.25) is 0 Å². The minimum absolute atomic E-state index is 0.0811. The molecule has 138 valence electrons. The Bertz CT molecular complexity index is 527. The maximum atomic E-state index is 9.76. The van der Waals surface area contributed by atoms with Crippen LogP contribution < -0.4 is 10.6 Å². The number of aliphatic hydroxyl groups excluding tert-OH is 1. The zero-order valence-corrected chi connectivity index (χ0v) is 15.3. The molecule has 2 aliphatic carbocycles. The third kappa shape index (κ3) is 4.24. The zero-order chi connectivity index (χ0) is 17.1. The molecule has 1 aromatic rings. The fourth-order valence-electron chi connectivity index (χ4n) is 5.22. The molecule has 4 heteroatoms. The number of piperidine rings is 1. The van der Waals surface area contributed by atoms with E-state index in [1.54, 1.807) is 0 Å². The van der Waals surface area contributed by atoms with Crippen LogP contribution in [0.3, 0.4) is 0 Å². The zero-order valence-electron chi connectivity index (χ0n) is 15.3. The highest BCUT2D eigenvalue weighted by molar-refractivity contribution is 5.07. The molecule has 0 bridgehead atoms. The van der Waals surface area contributed by atoms with E-state index in [9.17, 15) is 5.11 Å². The van der Waals surface area contributed by atoms with Gasteiger partial charge in [0.05, 0.1) is 6.10 Å². The van der Waals surface area contributed by atoms with E-state index in [2.05, 4.69) is 27.8 Å². The Balaban J connectivity index is 1.34. The van der Waals surface area contributed by atoms with Gasteiger partial charge in [-0.15, -0.1) is 0 Å². The van der Waals surface area contributed by atoms with Gasteiger partial charge in [0.15, 0.2) is 0 Å². The summed E-state index contributed by atoms with van der Waals surface area (Å²) in [6, 6.07) is 7.31. The lowest BCUT2D eigenvalue weighted by molar-refractivity contribution is 0.0183. The van der Waals surface area contributed by atoms with Gasteiger partial charge in [-0.3, -0.25) is 4.98 Å². The SMILES string of the molecule is OC1CC(C(Cc2ccccn2)NC2CCC3(CCNCC3)CC2)C1. The molecule has 3 N–H and O–H groups in total. The van der Waals surface area contributed by atoms with Crippen molar-refractivity contribution in [3.63, 3.8) is 0 Å². The van der Waals surface area contributed by atoms with Crippen LogP contribution in [0.15, 0.2) is 24.4 Å². The second-order valence-corrected chi connectivity index (χ2v) is 8.71. The summed E-state index contributed by atoms with van der Waals surface area (Å²) in [4.78, 5) is 4.53. The van der Waals surface area contributed by atoms with E-state index in [4.69, 9.17) is 0 Å². The van der Waals surface area contributed by atoms with E-state index in [0.29, 0.717) is 23.4 Å². The van der Waals surface area contributed by atoms with Gasteiger partial charge >= 0.3 is 0 Å². The Kier molecular flexibility index (Phi) is 5.39. The molecule has 4 nitrogen and oxygen atoms in total. The van der Waals surface area contributed by atoms with Crippen molar-refractivity contribution in [3.8, 4) is 0 Å². The Morgan fingerprint density at radius 1 is 1.16 bits per heavy atom. The van der Waals surface area contributed by atoms with E-state index >= 15 is 0 Å². The summed E-state index contributed by atoms with van der Waals surface area (Å²) in [6.45, 7) is 2.42. The van der Waals surface area contributed by atoms with E-state index in [0.717, 1.165) is 19.3 Å². The summed E-state index contributed by atoms with van der Waals surface area (Å²) in [7, 11) is 0. The summed E-state index contributed by atoms with van der Waals surface area (Å²) in [5, 5.41) is 17.3. The van der Waals surface area contributed by atoms with Gasteiger partial charge < -0.3 is 15.7 Å². The van der Waals surface area contributed by atoms with Crippen LogP contribution in [0.1, 0.15) is 57.1 Å². The maximum Gasteiger partial charge on any atom is 0.0546 e. The molecule has 0 radical (unpaired) electrons. The molecule has 2 saturated carbocycles. The molecule has 1 saturated heterocycles. The van der Waals surface area contributed by atoms with E-state index in [-0.39, 0.29) is 6.10 Å². The molecule has 3 fully saturated rings. The maximum absolute atomic E-state index is 9.76. The lowest BCUT2D eigenvalue weighted by Crippen LogP contribution is -2.51. The second kappa shape index (κ2) is 7.73. The van der Waals surface area contributed by atoms with Gasteiger partial charge in [-0.25, -0.2) is 0 Å². The molecular formula is C21H33N3O. The number of hydrogen-bond donors (Lipinski definition) is 3. The van der Waals surface area contributed by atoms with Crippen molar-refractivity contribution in [3.05, 3.63) is 30.1 Å². The third-order valence-corrected chi connectivity index (χ3v) is 7.03. The number of pyridine rings is 1. The van der Waals surface area contributed by atoms with Crippen molar-refractivity contribution >= 4 is 0 Å². The number of aliphatic hydroxyl groups is 1. The summed E-state index contributed by atoms with van der Waals surface area (Å²) >= 11 is 0. The van der Waals surface area contributed by atoms with E-state index in [1.165, 1.54) is 57.3 Å². The van der Waals surface area contributed by atoms with Crippen LogP contribution in [0.4, 0.5) is 0 Å². The van der Waals surface area contributed by atoms with Gasteiger partial charge in [0.25, 0.3) is 0 Å². The first-order chi connectivity index (χ1) is 12.2. The van der Waals surface area contributed by atoms with Crippen molar-refractivity contribution in [2.45, 2.75) is 76.0 Å². The first-order valence-electron chi connectivity index (χ1n) is 10.3. The smallest absolute Gasteiger partial charge is 0.0546 e. The Hall–Kier alpha value is -0.970. The highest BCUT2D eigenvalue weighted by Crippen LogP contribution is 2.43. The number of aromatic nitrogens is 1. The Morgan fingerprint density at radius 2 is 1.92 bits per heavy atom. The van der Waals surface area contributed by atoms with Gasteiger partial charge in [-0.1, -0.05) is 6.07 Å². The lowest BCUT2D eigenvalue weighted by Gasteiger charge is -2.45. The fourth-order valence-corrected chi connectivity index (χ4v) is 5.22. The Morgan fingerprint density at radius 3 is 2.56 bits per heavy atom. The van der Waals surface area contributed by atoms with Crippen LogP contribution in [0.2, 0.25) is 0 Å². The van der Waals surface area contributed by atoms with Crippen molar-refractivity contribution in [2.75, 3.05) is 13.1 Å². The lowest BCUT2D eigenvalue weighted by atomic mass is 9.67. The van der Waals surface area contributed by atoms with Crippen LogP contribution in [0.25, 0.3) is 0 Å². The molecule has 0 amide bonds. The van der Waals surface area contributed by atoms with Crippen molar-refractivity contribution in [1.82, 2.24) is 15.6 Å². The van der Waals surface area contributed by atoms with Gasteiger partial charge in [0, 0.05) is 30.4 Å². The molecule has 4 rings (SSSR count). The first kappa shape index (κ1) is 17.4. The predicted octanol–water partition coefficient (Wildman–Crippen LogP) is 2.67. The summed E-state index contributed by atoms with van der Waals surface area (Å²) in [6.07, 6.45) is 12.8. The van der Waals surface area contributed by atoms with E-state index < -0.39 is 0 Å². The first-order valence-corrected chi connectivity index (χ1v) is 10.3. The van der Waals surface area contributed by atoms with Crippen molar-refractivity contribution in [1.29, 1.82) is 0 Å². The minimum Gasteiger partial charge on any atom is -0.393 e. The number of hydrogen-bond acceptors (Lipinski definition) is 4. The molecular weight excluding hydrogens is 310 g/mol. The minimum atomic E-state index is -0.0811. The largest absolute Gasteiger partial charge is 0.393 e. The number of nitrogens with zero attached hydrogens (tertiary/aromatic N) is 1. The molecule has 1 spiro atoms. The van der Waals surface area contributed by atoms with Crippen LogP contribution in [-0.4, -0.2) is 41.4 Å². The monoisotopic (exact) mass is 343 g/mol. The molecule has 1 aromatic heterocycles. The van der Waals surface area contributed by atoms with Crippen molar-refractivity contribution in [2.24, 2.45) is 11.3 Å². The molecule has 3 aliphatic rings. The van der Waals surface area contributed by atoms with Gasteiger partial charge in [0.1, 0.15) is 0 Å². The highest BCUT2D eigenvalue weighted by atomic mass is 16.3. The number of nitrogens with one attached hydrogen (secondary N) is 2. The molecule has 2 heterocycles. The van der Waals surface area contributed by atoms with Gasteiger partial charge in [-0.05, 0) is 87.9 Å². The van der Waals surface area contributed by atoms with Gasteiger partial charge in [-0.2, -0.15) is 0 Å². The van der Waals surface area contributed by atoms with Crippen LogP contribution >= 0.6 is 0 Å². The average molecular weight is 344 g/mol. The molecule has 1 unspecified atom stereocenters. The quantitative estimate of drug-likeness (QED) is 0.769. The molecule has 1 aliphatic heterocycles. The fraction of sp³-hybridized carbons (Fsp3) is 0.762. The van der Waals surface area contributed by atoms with E-state index in [1.807, 2.05) is 12.3 Å². The topological polar surface area (TPSA) is 57.2 Å². The van der Waals surface area contributed by atoms with Crippen molar-refractivity contribution < 1.29 is 5.11 Å². The standard InChI is InChI=1S/C21H33N3O/c25-19-13-16(14-19)20(15-18-3-1-2-10-23-18)24-17-4-6-21(7-5-17)8-11-22-12-9-21/h1-3,10,16-17,19-20,22,24-25H,4-9,11-15H2. The normalized spacial score (nSPS) is 30.8. The highest BCUT2D eigenvalue weighted by Gasteiger charge is 2.39.